The number of carbonyl (C=O) groups excluding carboxylic acids is 1. The van der Waals surface area contributed by atoms with Gasteiger partial charge in [0.2, 0.25) is 0 Å². The van der Waals surface area contributed by atoms with Gasteiger partial charge in [-0.05, 0) is 48.2 Å². The van der Waals surface area contributed by atoms with Gasteiger partial charge < -0.3 is 20.5 Å². The van der Waals surface area contributed by atoms with Gasteiger partial charge in [0, 0.05) is 24.9 Å². The topological polar surface area (TPSA) is 87.7 Å². The van der Waals surface area contributed by atoms with Gasteiger partial charge in [0.15, 0.2) is 0 Å². The van der Waals surface area contributed by atoms with Crippen LogP contribution in [0.2, 0.25) is 0 Å². The molecule has 1 amide bonds. The number of benzene rings is 3. The van der Waals surface area contributed by atoms with Crippen LogP contribution in [-0.2, 0) is 24.1 Å². The summed E-state index contributed by atoms with van der Waals surface area (Å²) in [5.74, 6) is -0.830. The van der Waals surface area contributed by atoms with Crippen LogP contribution in [-0.4, -0.2) is 36.2 Å². The summed E-state index contributed by atoms with van der Waals surface area (Å²) in [6, 6.07) is 21.0. The molecule has 0 fully saturated rings. The minimum absolute atomic E-state index is 0.266. The van der Waals surface area contributed by atoms with E-state index in [4.69, 9.17) is 4.74 Å². The van der Waals surface area contributed by atoms with E-state index < -0.39 is 17.4 Å². The van der Waals surface area contributed by atoms with Gasteiger partial charge in [-0.2, -0.15) is 0 Å². The van der Waals surface area contributed by atoms with Gasteiger partial charge in [-0.25, -0.2) is 4.79 Å². The van der Waals surface area contributed by atoms with E-state index in [1.807, 2.05) is 30.3 Å². The largest absolute Gasteiger partial charge is 0.495 e. The first-order chi connectivity index (χ1) is 15.9. The molecule has 0 aliphatic heterocycles. The fourth-order valence-corrected chi connectivity index (χ4v) is 4.39. The highest BCUT2D eigenvalue weighted by Gasteiger charge is 2.45. The van der Waals surface area contributed by atoms with E-state index >= 15 is 0 Å². The Kier molecular flexibility index (Phi) is 6.36. The number of hydrogen-bond acceptors (Lipinski definition) is 4. The normalized spacial score (nSPS) is 13.8. The molecular weight excluding hydrogens is 416 g/mol. The molecule has 0 bridgehead atoms. The van der Waals surface area contributed by atoms with Crippen LogP contribution < -0.4 is 15.4 Å². The first-order valence-corrected chi connectivity index (χ1v) is 11.0. The molecule has 0 spiro atoms. The summed E-state index contributed by atoms with van der Waals surface area (Å²) >= 11 is 0. The van der Waals surface area contributed by atoms with Gasteiger partial charge in [-0.1, -0.05) is 54.1 Å². The van der Waals surface area contributed by atoms with E-state index in [-0.39, 0.29) is 12.8 Å². The van der Waals surface area contributed by atoms with E-state index in [0.29, 0.717) is 23.5 Å². The van der Waals surface area contributed by atoms with E-state index in [1.54, 1.807) is 25.3 Å². The molecule has 170 valence electrons. The van der Waals surface area contributed by atoms with Crippen molar-refractivity contribution in [2.24, 2.45) is 0 Å². The monoisotopic (exact) mass is 444 g/mol. The minimum Gasteiger partial charge on any atom is -0.495 e. The molecule has 3 aromatic carbocycles. The summed E-state index contributed by atoms with van der Waals surface area (Å²) in [6.45, 7) is 2.73. The first kappa shape index (κ1) is 22.4. The minimum atomic E-state index is -1.35. The van der Waals surface area contributed by atoms with Crippen LogP contribution in [0.25, 0.3) is 0 Å². The number of aliphatic carboxylic acids is 1. The van der Waals surface area contributed by atoms with Crippen molar-refractivity contribution >= 4 is 17.6 Å². The molecule has 3 N–H and O–H groups in total. The second-order valence-electron chi connectivity index (χ2n) is 8.54. The maximum atomic E-state index is 13.1. The lowest BCUT2D eigenvalue weighted by Gasteiger charge is -2.25. The van der Waals surface area contributed by atoms with Crippen molar-refractivity contribution in [3.05, 3.63) is 94.5 Å². The Labute approximate surface area is 193 Å². The van der Waals surface area contributed by atoms with Crippen LogP contribution in [0.15, 0.2) is 66.7 Å². The van der Waals surface area contributed by atoms with Crippen molar-refractivity contribution in [2.45, 2.75) is 31.7 Å². The molecular formula is C27H28N2O4. The Balaban J connectivity index is 1.49. The second-order valence-corrected chi connectivity index (χ2v) is 8.54. The zero-order chi connectivity index (χ0) is 23.4. The van der Waals surface area contributed by atoms with Gasteiger partial charge in [0.1, 0.15) is 11.3 Å². The molecule has 1 aliphatic carbocycles. The van der Waals surface area contributed by atoms with Crippen molar-refractivity contribution in [1.29, 1.82) is 0 Å². The molecule has 4 rings (SSSR count). The van der Waals surface area contributed by atoms with Crippen LogP contribution in [0.3, 0.4) is 0 Å². The van der Waals surface area contributed by atoms with Gasteiger partial charge in [-0.15, -0.1) is 0 Å². The number of methoxy groups -OCH3 is 1. The highest BCUT2D eigenvalue weighted by Crippen LogP contribution is 2.31. The third-order valence-corrected chi connectivity index (χ3v) is 6.14. The third-order valence-electron chi connectivity index (χ3n) is 6.14. The number of aryl methyl sites for hydroxylation is 1. The van der Waals surface area contributed by atoms with E-state index in [0.717, 1.165) is 17.5 Å². The number of carbonyl (C=O) groups is 2. The van der Waals surface area contributed by atoms with Gasteiger partial charge in [-0.3, -0.25) is 4.79 Å². The Morgan fingerprint density at radius 2 is 1.73 bits per heavy atom. The van der Waals surface area contributed by atoms with Crippen molar-refractivity contribution < 1.29 is 19.4 Å². The molecule has 0 unspecified atom stereocenters. The average molecular weight is 445 g/mol. The van der Waals surface area contributed by atoms with E-state index in [1.165, 1.54) is 11.1 Å². The third kappa shape index (κ3) is 4.85. The van der Waals surface area contributed by atoms with Crippen LogP contribution >= 0.6 is 0 Å². The summed E-state index contributed by atoms with van der Waals surface area (Å²) in [7, 11) is 1.58. The maximum absolute atomic E-state index is 13.1. The number of ether oxygens (including phenoxy) is 1. The fourth-order valence-electron chi connectivity index (χ4n) is 4.39. The first-order valence-electron chi connectivity index (χ1n) is 11.0. The summed E-state index contributed by atoms with van der Waals surface area (Å²) in [5, 5.41) is 16.1. The second kappa shape index (κ2) is 9.36. The zero-order valence-corrected chi connectivity index (χ0v) is 18.9. The smallest absolute Gasteiger partial charge is 0.330 e. The van der Waals surface area contributed by atoms with Gasteiger partial charge in [0.25, 0.3) is 5.91 Å². The van der Waals surface area contributed by atoms with Crippen LogP contribution in [0, 0.1) is 6.92 Å². The number of carboxylic acids is 1. The zero-order valence-electron chi connectivity index (χ0n) is 18.9. The molecule has 3 aromatic rings. The lowest BCUT2D eigenvalue weighted by molar-refractivity contribution is -0.144. The Hall–Kier alpha value is -3.80. The summed E-state index contributed by atoms with van der Waals surface area (Å²) in [4.78, 5) is 25.3. The standard InChI is InChI=1S/C27H28N2O4/c1-18-6-5-7-19(14-18)12-13-28-23-15-20(10-11-24(23)33-2)25(30)29-27(26(31)32)16-21-8-3-4-9-22(21)17-27/h3-11,14-15,28H,12-13,16-17H2,1-2H3,(H,29,30)(H,31,32). The predicted octanol–water partition coefficient (Wildman–Crippen LogP) is 4.01. The molecule has 6 nitrogen and oxygen atoms in total. The fraction of sp³-hybridized carbons (Fsp3) is 0.259. The number of fused-ring (bicyclic) bond motifs is 1. The van der Waals surface area contributed by atoms with Gasteiger partial charge >= 0.3 is 5.97 Å². The lowest BCUT2D eigenvalue weighted by Crippen LogP contribution is -2.55. The number of anilines is 1. The lowest BCUT2D eigenvalue weighted by atomic mass is 9.95. The highest BCUT2D eigenvalue weighted by atomic mass is 16.5. The molecule has 0 aromatic heterocycles. The molecule has 0 heterocycles. The Bertz CT molecular complexity index is 1160. The van der Waals surface area contributed by atoms with Gasteiger partial charge in [0.05, 0.1) is 12.8 Å². The van der Waals surface area contributed by atoms with E-state index in [2.05, 4.69) is 35.8 Å². The molecule has 0 saturated heterocycles. The Morgan fingerprint density at radius 3 is 2.36 bits per heavy atom. The van der Waals surface area contributed by atoms with Crippen molar-refractivity contribution in [1.82, 2.24) is 5.32 Å². The predicted molar refractivity (Wildman–Crippen MR) is 128 cm³/mol. The molecule has 0 saturated carbocycles. The van der Waals surface area contributed by atoms with Crippen molar-refractivity contribution in [3.8, 4) is 5.75 Å². The quantitative estimate of drug-likeness (QED) is 0.489. The number of nitrogens with one attached hydrogen (secondary N) is 2. The number of carboxylic acid groups (broad SMARTS) is 1. The Morgan fingerprint density at radius 1 is 1.00 bits per heavy atom. The molecule has 0 radical (unpaired) electrons. The molecule has 33 heavy (non-hydrogen) atoms. The SMILES string of the molecule is COc1ccc(C(=O)NC2(C(=O)O)Cc3ccccc3C2)cc1NCCc1cccc(C)c1. The number of hydrogen-bond donors (Lipinski definition) is 3. The van der Waals surface area contributed by atoms with Crippen molar-refractivity contribution in [3.63, 3.8) is 0 Å². The van der Waals surface area contributed by atoms with E-state index in [9.17, 15) is 14.7 Å². The molecule has 0 atom stereocenters. The average Bonchev–Trinajstić information content (AvgIpc) is 3.18. The summed E-state index contributed by atoms with van der Waals surface area (Å²) in [5.41, 5.74) is 4.06. The van der Waals surface area contributed by atoms with Crippen LogP contribution in [0.1, 0.15) is 32.6 Å². The summed E-state index contributed by atoms with van der Waals surface area (Å²) < 4.78 is 5.45. The molecule has 1 aliphatic rings. The number of amides is 1. The van der Waals surface area contributed by atoms with Crippen molar-refractivity contribution in [2.75, 3.05) is 19.0 Å². The summed E-state index contributed by atoms with van der Waals surface area (Å²) in [6.07, 6.45) is 1.35. The highest BCUT2D eigenvalue weighted by molar-refractivity contribution is 5.99. The van der Waals surface area contributed by atoms with Crippen LogP contribution in [0.5, 0.6) is 5.75 Å². The number of rotatable bonds is 8. The maximum Gasteiger partial charge on any atom is 0.330 e. The molecule has 6 heteroatoms. The van der Waals surface area contributed by atoms with Crippen LogP contribution in [0.4, 0.5) is 5.69 Å².